The molecule has 1 heterocycles. The Labute approximate surface area is 120 Å². The van der Waals surface area contributed by atoms with Gasteiger partial charge in [-0.3, -0.25) is 4.79 Å². The van der Waals surface area contributed by atoms with Crippen LogP contribution in [0.1, 0.15) is 32.3 Å². The van der Waals surface area contributed by atoms with Crippen molar-refractivity contribution in [3.63, 3.8) is 0 Å². The van der Waals surface area contributed by atoms with E-state index < -0.39 is 0 Å². The molecule has 1 aliphatic rings. The number of piperidine rings is 1. The summed E-state index contributed by atoms with van der Waals surface area (Å²) in [4.78, 5) is 11.2. The van der Waals surface area contributed by atoms with Gasteiger partial charge in [-0.25, -0.2) is 0 Å². The number of anilines is 1. The molecule has 0 atom stereocenters. The molecule has 1 aromatic rings. The van der Waals surface area contributed by atoms with Crippen molar-refractivity contribution in [1.29, 1.82) is 0 Å². The van der Waals surface area contributed by atoms with Gasteiger partial charge in [0.15, 0.2) is 0 Å². The minimum atomic E-state index is -0.0722. The minimum absolute atomic E-state index is 0.0722. The van der Waals surface area contributed by atoms with Gasteiger partial charge >= 0.3 is 0 Å². The summed E-state index contributed by atoms with van der Waals surface area (Å²) in [6.07, 6.45) is 3.55. The number of hydrogen-bond acceptors (Lipinski definition) is 3. The van der Waals surface area contributed by atoms with Crippen molar-refractivity contribution in [3.05, 3.63) is 23.8 Å². The first-order valence-corrected chi connectivity index (χ1v) is 7.43. The van der Waals surface area contributed by atoms with E-state index in [4.69, 9.17) is 4.74 Å². The van der Waals surface area contributed by atoms with Crippen molar-refractivity contribution in [1.82, 2.24) is 5.32 Å². The maximum atomic E-state index is 11.2. The van der Waals surface area contributed by atoms with Gasteiger partial charge in [-0.05, 0) is 62.9 Å². The zero-order valence-corrected chi connectivity index (χ0v) is 12.4. The lowest BCUT2D eigenvalue weighted by molar-refractivity contribution is -0.114. The fourth-order valence-corrected chi connectivity index (χ4v) is 2.68. The standard InChI is InChI=1S/C16H24N2O2/c1-3-20-16-11-14(4-5-15(16)18-12(2)19)10-13-6-8-17-9-7-13/h4-5,11,13,17H,3,6-10H2,1-2H3,(H,18,19). The summed E-state index contributed by atoms with van der Waals surface area (Å²) in [5.74, 6) is 1.45. The third kappa shape index (κ3) is 4.23. The van der Waals surface area contributed by atoms with Crippen LogP contribution in [0.5, 0.6) is 5.75 Å². The highest BCUT2D eigenvalue weighted by atomic mass is 16.5. The molecule has 4 nitrogen and oxygen atoms in total. The van der Waals surface area contributed by atoms with E-state index in [1.165, 1.54) is 25.3 Å². The van der Waals surface area contributed by atoms with E-state index in [2.05, 4.69) is 22.8 Å². The van der Waals surface area contributed by atoms with E-state index in [1.807, 2.05) is 13.0 Å². The molecule has 1 aliphatic heterocycles. The second-order valence-electron chi connectivity index (χ2n) is 5.34. The lowest BCUT2D eigenvalue weighted by Gasteiger charge is -2.23. The van der Waals surface area contributed by atoms with Crippen molar-refractivity contribution in [2.75, 3.05) is 25.0 Å². The van der Waals surface area contributed by atoms with E-state index >= 15 is 0 Å². The first kappa shape index (κ1) is 14.9. The Kier molecular flexibility index (Phi) is 5.41. The summed E-state index contributed by atoms with van der Waals surface area (Å²) in [6, 6.07) is 6.11. The first-order valence-electron chi connectivity index (χ1n) is 7.43. The molecule has 1 aromatic carbocycles. The van der Waals surface area contributed by atoms with Crippen molar-refractivity contribution in [2.24, 2.45) is 5.92 Å². The molecule has 0 aliphatic carbocycles. The smallest absolute Gasteiger partial charge is 0.221 e. The second kappa shape index (κ2) is 7.29. The summed E-state index contributed by atoms with van der Waals surface area (Å²) in [5.41, 5.74) is 2.04. The van der Waals surface area contributed by atoms with Gasteiger partial charge in [0.2, 0.25) is 5.91 Å². The average Bonchev–Trinajstić information content (AvgIpc) is 2.43. The van der Waals surface area contributed by atoms with E-state index in [-0.39, 0.29) is 5.91 Å². The molecule has 1 amide bonds. The zero-order valence-electron chi connectivity index (χ0n) is 12.4. The van der Waals surface area contributed by atoms with Crippen LogP contribution in [0, 0.1) is 5.92 Å². The SMILES string of the molecule is CCOc1cc(CC2CCNCC2)ccc1NC(C)=O. The molecule has 1 saturated heterocycles. The zero-order chi connectivity index (χ0) is 14.4. The summed E-state index contributed by atoms with van der Waals surface area (Å²) < 4.78 is 5.64. The second-order valence-corrected chi connectivity index (χ2v) is 5.34. The molecule has 20 heavy (non-hydrogen) atoms. The largest absolute Gasteiger partial charge is 0.492 e. The molecule has 0 aromatic heterocycles. The molecule has 4 heteroatoms. The number of nitrogens with one attached hydrogen (secondary N) is 2. The van der Waals surface area contributed by atoms with Crippen LogP contribution in [0.2, 0.25) is 0 Å². The first-order chi connectivity index (χ1) is 9.69. The van der Waals surface area contributed by atoms with E-state index in [1.54, 1.807) is 0 Å². The molecule has 0 radical (unpaired) electrons. The topological polar surface area (TPSA) is 50.4 Å². The third-order valence-corrected chi connectivity index (χ3v) is 3.64. The monoisotopic (exact) mass is 276 g/mol. The van der Waals surface area contributed by atoms with Crippen molar-refractivity contribution >= 4 is 11.6 Å². The number of ether oxygens (including phenoxy) is 1. The van der Waals surface area contributed by atoms with Gasteiger partial charge in [-0.2, -0.15) is 0 Å². The number of carbonyl (C=O) groups is 1. The Hall–Kier alpha value is -1.55. The Morgan fingerprint density at radius 1 is 1.40 bits per heavy atom. The summed E-state index contributed by atoms with van der Waals surface area (Å²) in [6.45, 7) is 6.30. The lowest BCUT2D eigenvalue weighted by atomic mass is 9.91. The Bertz CT molecular complexity index is 454. The van der Waals surface area contributed by atoms with Gasteiger partial charge in [-0.1, -0.05) is 6.07 Å². The summed E-state index contributed by atoms with van der Waals surface area (Å²) in [7, 11) is 0. The molecule has 2 rings (SSSR count). The highest BCUT2D eigenvalue weighted by Gasteiger charge is 2.15. The number of amides is 1. The summed E-state index contributed by atoms with van der Waals surface area (Å²) in [5, 5.41) is 6.21. The molecule has 110 valence electrons. The molecule has 0 spiro atoms. The van der Waals surface area contributed by atoms with Gasteiger partial charge in [0.05, 0.1) is 12.3 Å². The normalized spacial score (nSPS) is 15.9. The van der Waals surface area contributed by atoms with Crippen molar-refractivity contribution in [3.8, 4) is 5.75 Å². The van der Waals surface area contributed by atoms with Gasteiger partial charge in [0, 0.05) is 6.92 Å². The number of rotatable bonds is 5. The lowest BCUT2D eigenvalue weighted by Crippen LogP contribution is -2.28. The van der Waals surface area contributed by atoms with E-state index in [9.17, 15) is 4.79 Å². The van der Waals surface area contributed by atoms with Gasteiger partial charge < -0.3 is 15.4 Å². The fraction of sp³-hybridized carbons (Fsp3) is 0.562. The predicted octanol–water partition coefficient (Wildman–Crippen LogP) is 2.59. The third-order valence-electron chi connectivity index (χ3n) is 3.64. The number of hydrogen-bond donors (Lipinski definition) is 2. The van der Waals surface area contributed by atoms with Crippen LogP contribution in [0.15, 0.2) is 18.2 Å². The Morgan fingerprint density at radius 2 is 2.15 bits per heavy atom. The number of carbonyl (C=O) groups excluding carboxylic acids is 1. The van der Waals surface area contributed by atoms with Crippen LogP contribution >= 0.6 is 0 Å². The quantitative estimate of drug-likeness (QED) is 0.869. The minimum Gasteiger partial charge on any atom is -0.492 e. The molecule has 1 fully saturated rings. The molecular formula is C16H24N2O2. The van der Waals surface area contributed by atoms with Crippen molar-refractivity contribution < 1.29 is 9.53 Å². The van der Waals surface area contributed by atoms with Crippen LogP contribution in [0.4, 0.5) is 5.69 Å². The molecule has 0 saturated carbocycles. The molecular weight excluding hydrogens is 252 g/mol. The fourth-order valence-electron chi connectivity index (χ4n) is 2.68. The van der Waals surface area contributed by atoms with Crippen LogP contribution < -0.4 is 15.4 Å². The molecule has 0 unspecified atom stereocenters. The highest BCUT2D eigenvalue weighted by Crippen LogP contribution is 2.28. The van der Waals surface area contributed by atoms with Crippen LogP contribution in [-0.2, 0) is 11.2 Å². The van der Waals surface area contributed by atoms with Crippen molar-refractivity contribution in [2.45, 2.75) is 33.1 Å². The van der Waals surface area contributed by atoms with Gasteiger partial charge in [0.1, 0.15) is 5.75 Å². The molecule has 2 N–H and O–H groups in total. The van der Waals surface area contributed by atoms with E-state index in [0.717, 1.165) is 36.9 Å². The summed E-state index contributed by atoms with van der Waals surface area (Å²) >= 11 is 0. The average molecular weight is 276 g/mol. The van der Waals surface area contributed by atoms with Gasteiger partial charge in [-0.15, -0.1) is 0 Å². The van der Waals surface area contributed by atoms with Gasteiger partial charge in [0.25, 0.3) is 0 Å². The molecule has 0 bridgehead atoms. The predicted molar refractivity (Wildman–Crippen MR) is 81.2 cm³/mol. The van der Waals surface area contributed by atoms with Crippen LogP contribution in [0.3, 0.4) is 0 Å². The maximum Gasteiger partial charge on any atom is 0.221 e. The van der Waals surface area contributed by atoms with E-state index in [0.29, 0.717) is 6.61 Å². The number of benzene rings is 1. The Morgan fingerprint density at radius 3 is 2.80 bits per heavy atom. The maximum absolute atomic E-state index is 11.2. The van der Waals surface area contributed by atoms with Crippen LogP contribution in [0.25, 0.3) is 0 Å². The Balaban J connectivity index is 2.09. The van der Waals surface area contributed by atoms with Crippen LogP contribution in [-0.4, -0.2) is 25.6 Å². The highest BCUT2D eigenvalue weighted by molar-refractivity contribution is 5.90.